The number of hydrogen-bond donors (Lipinski definition) is 2. The summed E-state index contributed by atoms with van der Waals surface area (Å²) in [5.74, 6) is 5.54. The summed E-state index contributed by atoms with van der Waals surface area (Å²) >= 11 is 7.86. The summed E-state index contributed by atoms with van der Waals surface area (Å²) in [6.07, 6.45) is 5.00. The standard InChI is InChI=1S/C11H17ClN2S/c1-3-4-5-6-9(14-13)11-10(12)8(2)7-15-11/h3,7,9,14H,1,4-6,13H2,2H3. The Hall–Kier alpha value is -0.350. The second kappa shape index (κ2) is 6.28. The van der Waals surface area contributed by atoms with Gasteiger partial charge in [-0.05, 0) is 37.1 Å². The van der Waals surface area contributed by atoms with Gasteiger partial charge in [0, 0.05) is 4.88 Å². The second-order valence-electron chi connectivity index (χ2n) is 3.54. The molecular weight excluding hydrogens is 228 g/mol. The lowest BCUT2D eigenvalue weighted by Crippen LogP contribution is -2.27. The molecule has 1 aromatic rings. The van der Waals surface area contributed by atoms with E-state index in [0.717, 1.165) is 34.7 Å². The molecule has 0 amide bonds. The first kappa shape index (κ1) is 12.7. The van der Waals surface area contributed by atoms with Crippen molar-refractivity contribution in [3.05, 3.63) is 33.5 Å². The summed E-state index contributed by atoms with van der Waals surface area (Å²) in [7, 11) is 0. The van der Waals surface area contributed by atoms with Gasteiger partial charge in [-0.25, -0.2) is 0 Å². The number of allylic oxidation sites excluding steroid dienone is 1. The predicted octanol–water partition coefficient (Wildman–Crippen LogP) is 3.57. The number of nitrogens with two attached hydrogens (primary N) is 1. The lowest BCUT2D eigenvalue weighted by Gasteiger charge is -2.14. The first-order valence-electron chi connectivity index (χ1n) is 5.01. The third-order valence-electron chi connectivity index (χ3n) is 2.34. The zero-order chi connectivity index (χ0) is 11.3. The van der Waals surface area contributed by atoms with Crippen LogP contribution in [-0.2, 0) is 0 Å². The minimum atomic E-state index is 0.163. The Bertz CT molecular complexity index is 322. The van der Waals surface area contributed by atoms with Crippen molar-refractivity contribution in [2.24, 2.45) is 5.84 Å². The average Bonchev–Trinajstić information content (AvgIpc) is 2.56. The van der Waals surface area contributed by atoms with Crippen LogP contribution in [0.15, 0.2) is 18.0 Å². The van der Waals surface area contributed by atoms with Gasteiger partial charge >= 0.3 is 0 Å². The van der Waals surface area contributed by atoms with Gasteiger partial charge in [-0.3, -0.25) is 11.3 Å². The summed E-state index contributed by atoms with van der Waals surface area (Å²) in [4.78, 5) is 1.14. The highest BCUT2D eigenvalue weighted by Crippen LogP contribution is 2.34. The van der Waals surface area contributed by atoms with Crippen molar-refractivity contribution in [1.29, 1.82) is 0 Å². The van der Waals surface area contributed by atoms with Crippen LogP contribution in [-0.4, -0.2) is 0 Å². The molecule has 0 aliphatic carbocycles. The number of rotatable bonds is 6. The third kappa shape index (κ3) is 3.31. The molecule has 0 aliphatic heterocycles. The van der Waals surface area contributed by atoms with Gasteiger partial charge in [0.2, 0.25) is 0 Å². The molecule has 0 bridgehead atoms. The van der Waals surface area contributed by atoms with Gasteiger partial charge in [0.1, 0.15) is 0 Å². The Morgan fingerprint density at radius 2 is 2.47 bits per heavy atom. The molecule has 1 rings (SSSR count). The number of aryl methyl sites for hydroxylation is 1. The highest BCUT2D eigenvalue weighted by molar-refractivity contribution is 7.10. The minimum absolute atomic E-state index is 0.163. The molecule has 0 saturated heterocycles. The van der Waals surface area contributed by atoms with Gasteiger partial charge in [0.05, 0.1) is 11.1 Å². The summed E-state index contributed by atoms with van der Waals surface area (Å²) in [5.41, 5.74) is 3.95. The summed E-state index contributed by atoms with van der Waals surface area (Å²) < 4.78 is 0. The molecule has 1 aromatic heterocycles. The van der Waals surface area contributed by atoms with E-state index in [1.54, 1.807) is 11.3 Å². The van der Waals surface area contributed by atoms with E-state index < -0.39 is 0 Å². The Kier molecular flexibility index (Phi) is 5.32. The van der Waals surface area contributed by atoms with E-state index in [1.165, 1.54) is 0 Å². The normalized spacial score (nSPS) is 12.7. The van der Waals surface area contributed by atoms with Crippen LogP contribution in [0.2, 0.25) is 5.02 Å². The number of thiophene rings is 1. The highest BCUT2D eigenvalue weighted by Gasteiger charge is 2.15. The molecule has 3 N–H and O–H groups in total. The predicted molar refractivity (Wildman–Crippen MR) is 68.2 cm³/mol. The van der Waals surface area contributed by atoms with Crippen molar-refractivity contribution in [3.8, 4) is 0 Å². The van der Waals surface area contributed by atoms with E-state index in [2.05, 4.69) is 17.4 Å². The molecule has 1 unspecified atom stereocenters. The first-order chi connectivity index (χ1) is 7.20. The zero-order valence-corrected chi connectivity index (χ0v) is 10.5. The average molecular weight is 245 g/mol. The fourth-order valence-corrected chi connectivity index (χ4v) is 2.86. The van der Waals surface area contributed by atoms with E-state index >= 15 is 0 Å². The number of hydrogen-bond acceptors (Lipinski definition) is 3. The van der Waals surface area contributed by atoms with Crippen molar-refractivity contribution >= 4 is 22.9 Å². The number of halogens is 1. The molecule has 4 heteroatoms. The lowest BCUT2D eigenvalue weighted by molar-refractivity contribution is 0.508. The maximum Gasteiger partial charge on any atom is 0.0590 e. The van der Waals surface area contributed by atoms with Crippen LogP contribution < -0.4 is 11.3 Å². The minimum Gasteiger partial charge on any atom is -0.271 e. The molecule has 2 nitrogen and oxygen atoms in total. The molecule has 0 spiro atoms. The van der Waals surface area contributed by atoms with Gasteiger partial charge in [0.25, 0.3) is 0 Å². The Morgan fingerprint density at radius 3 is 2.93 bits per heavy atom. The Labute approximate surface area is 100 Å². The molecular formula is C11H17ClN2S. The van der Waals surface area contributed by atoms with Crippen molar-refractivity contribution in [3.63, 3.8) is 0 Å². The quantitative estimate of drug-likeness (QED) is 0.348. The van der Waals surface area contributed by atoms with Crippen LogP contribution in [0.5, 0.6) is 0 Å². The fraction of sp³-hybridized carbons (Fsp3) is 0.455. The van der Waals surface area contributed by atoms with Crippen molar-refractivity contribution in [2.75, 3.05) is 0 Å². The molecule has 1 atom stereocenters. The zero-order valence-electron chi connectivity index (χ0n) is 8.92. The van der Waals surface area contributed by atoms with Crippen LogP contribution >= 0.6 is 22.9 Å². The van der Waals surface area contributed by atoms with Crippen LogP contribution in [0.25, 0.3) is 0 Å². The summed E-state index contributed by atoms with van der Waals surface area (Å²) in [5, 5.41) is 2.91. The molecule has 84 valence electrons. The fourth-order valence-electron chi connectivity index (χ4n) is 1.44. The lowest BCUT2D eigenvalue weighted by atomic mass is 10.1. The molecule has 15 heavy (non-hydrogen) atoms. The molecule has 0 aromatic carbocycles. The highest BCUT2D eigenvalue weighted by atomic mass is 35.5. The van der Waals surface area contributed by atoms with Gasteiger partial charge in [-0.1, -0.05) is 17.7 Å². The van der Waals surface area contributed by atoms with E-state index in [1.807, 2.05) is 13.0 Å². The topological polar surface area (TPSA) is 38.0 Å². The van der Waals surface area contributed by atoms with Crippen LogP contribution in [0.1, 0.15) is 35.7 Å². The molecule has 0 aliphatic rings. The maximum atomic E-state index is 6.19. The second-order valence-corrected chi connectivity index (χ2v) is 4.82. The van der Waals surface area contributed by atoms with Gasteiger partial charge in [0.15, 0.2) is 0 Å². The van der Waals surface area contributed by atoms with Crippen molar-refractivity contribution in [1.82, 2.24) is 5.43 Å². The summed E-state index contributed by atoms with van der Waals surface area (Å²) in [6, 6.07) is 0.163. The SMILES string of the molecule is C=CCCCC(NN)c1scc(C)c1Cl. The molecule has 0 saturated carbocycles. The van der Waals surface area contributed by atoms with Crippen molar-refractivity contribution in [2.45, 2.75) is 32.2 Å². The van der Waals surface area contributed by atoms with Gasteiger partial charge < -0.3 is 0 Å². The number of nitrogens with one attached hydrogen (secondary N) is 1. The number of unbranched alkanes of at least 4 members (excludes halogenated alkanes) is 1. The molecule has 0 fully saturated rings. The number of hydrazine groups is 1. The van der Waals surface area contributed by atoms with E-state index in [4.69, 9.17) is 17.4 Å². The van der Waals surface area contributed by atoms with Crippen LogP contribution in [0.3, 0.4) is 0 Å². The van der Waals surface area contributed by atoms with Crippen molar-refractivity contribution < 1.29 is 0 Å². The monoisotopic (exact) mass is 244 g/mol. The molecule has 0 radical (unpaired) electrons. The van der Waals surface area contributed by atoms with Crippen LogP contribution in [0.4, 0.5) is 0 Å². The van der Waals surface area contributed by atoms with Gasteiger partial charge in [-0.15, -0.1) is 17.9 Å². The Balaban J connectivity index is 2.65. The van der Waals surface area contributed by atoms with E-state index in [9.17, 15) is 0 Å². The third-order valence-corrected chi connectivity index (χ3v) is 4.17. The maximum absolute atomic E-state index is 6.19. The van der Waals surface area contributed by atoms with E-state index in [0.29, 0.717) is 0 Å². The van der Waals surface area contributed by atoms with E-state index in [-0.39, 0.29) is 6.04 Å². The van der Waals surface area contributed by atoms with Gasteiger partial charge in [-0.2, -0.15) is 0 Å². The Morgan fingerprint density at radius 1 is 1.73 bits per heavy atom. The summed E-state index contributed by atoms with van der Waals surface area (Å²) in [6.45, 7) is 5.72. The smallest absolute Gasteiger partial charge is 0.0590 e. The molecule has 1 heterocycles. The van der Waals surface area contributed by atoms with Crippen LogP contribution in [0, 0.1) is 6.92 Å². The first-order valence-corrected chi connectivity index (χ1v) is 6.27. The largest absolute Gasteiger partial charge is 0.271 e.